The molecule has 0 aliphatic rings. The van der Waals surface area contributed by atoms with Crippen LogP contribution in [0.25, 0.3) is 10.8 Å². The molecule has 3 rings (SSSR count). The number of benzene rings is 3. The van der Waals surface area contributed by atoms with Crippen LogP contribution in [0.2, 0.25) is 0 Å². The molecule has 9 heteroatoms. The van der Waals surface area contributed by atoms with Crippen LogP contribution in [0.15, 0.2) is 78.9 Å². The lowest BCUT2D eigenvalue weighted by molar-refractivity contribution is -0.146. The molecule has 0 spiro atoms. The molecule has 0 amide bonds. The van der Waals surface area contributed by atoms with Crippen LogP contribution in [0, 0.1) is 5.82 Å². The van der Waals surface area contributed by atoms with E-state index in [0.717, 1.165) is 16.8 Å². The summed E-state index contributed by atoms with van der Waals surface area (Å²) >= 11 is 0. The van der Waals surface area contributed by atoms with Crippen molar-refractivity contribution in [3.8, 4) is 17.2 Å². The second-order valence-electron chi connectivity index (χ2n) is 7.65. The SMILES string of the molecule is C=C(C)C(=O)OCOc1ccc2cc(OC(=O)c3ccc(OCOC(=O)C(=C)C)c(F)c3)ccc2c1. The molecule has 36 heavy (non-hydrogen) atoms. The summed E-state index contributed by atoms with van der Waals surface area (Å²) in [4.78, 5) is 35.2. The lowest BCUT2D eigenvalue weighted by atomic mass is 10.1. The Morgan fingerprint density at radius 3 is 1.89 bits per heavy atom. The highest BCUT2D eigenvalue weighted by molar-refractivity contribution is 5.92. The number of ether oxygens (including phenoxy) is 5. The molecule has 0 bridgehead atoms. The van der Waals surface area contributed by atoms with E-state index in [4.69, 9.17) is 23.7 Å². The van der Waals surface area contributed by atoms with Gasteiger partial charge in [-0.3, -0.25) is 0 Å². The zero-order valence-corrected chi connectivity index (χ0v) is 19.7. The zero-order chi connectivity index (χ0) is 26.2. The van der Waals surface area contributed by atoms with Crippen molar-refractivity contribution in [3.63, 3.8) is 0 Å². The zero-order valence-electron chi connectivity index (χ0n) is 19.7. The normalized spacial score (nSPS) is 10.3. The predicted octanol–water partition coefficient (Wildman–Crippen LogP) is 5.11. The first kappa shape index (κ1) is 26.0. The minimum Gasteiger partial charge on any atom is -0.457 e. The summed E-state index contributed by atoms with van der Waals surface area (Å²) in [5.74, 6) is -2.27. The smallest absolute Gasteiger partial charge is 0.343 e. The van der Waals surface area contributed by atoms with Gasteiger partial charge in [0.2, 0.25) is 13.6 Å². The molecule has 0 aliphatic heterocycles. The van der Waals surface area contributed by atoms with E-state index in [-0.39, 0.29) is 35.0 Å². The number of halogens is 1. The minimum absolute atomic E-state index is 0.0352. The number of carbonyl (C=O) groups is 3. The number of fused-ring (bicyclic) bond motifs is 1. The van der Waals surface area contributed by atoms with Crippen molar-refractivity contribution in [2.45, 2.75) is 13.8 Å². The van der Waals surface area contributed by atoms with Gasteiger partial charge in [-0.1, -0.05) is 25.3 Å². The molecule has 8 nitrogen and oxygen atoms in total. The third kappa shape index (κ3) is 6.92. The third-order valence-electron chi connectivity index (χ3n) is 4.68. The Morgan fingerprint density at radius 2 is 1.31 bits per heavy atom. The monoisotopic (exact) mass is 494 g/mol. The van der Waals surface area contributed by atoms with E-state index in [2.05, 4.69) is 13.2 Å². The number of hydrogen-bond acceptors (Lipinski definition) is 8. The van der Waals surface area contributed by atoms with Gasteiger partial charge in [-0.2, -0.15) is 0 Å². The van der Waals surface area contributed by atoms with Crippen LogP contribution in [0.5, 0.6) is 17.2 Å². The quantitative estimate of drug-likeness (QED) is 0.166. The number of rotatable bonds is 10. The molecule has 3 aromatic carbocycles. The highest BCUT2D eigenvalue weighted by atomic mass is 19.1. The van der Waals surface area contributed by atoms with Gasteiger partial charge in [-0.05, 0) is 67.1 Å². The van der Waals surface area contributed by atoms with Crippen LogP contribution in [0.3, 0.4) is 0 Å². The topological polar surface area (TPSA) is 97.4 Å². The molecule has 0 aromatic heterocycles. The number of carbonyl (C=O) groups excluding carboxylic acids is 3. The van der Waals surface area contributed by atoms with Crippen molar-refractivity contribution in [1.82, 2.24) is 0 Å². The van der Waals surface area contributed by atoms with Crippen LogP contribution < -0.4 is 14.2 Å². The highest BCUT2D eigenvalue weighted by Crippen LogP contribution is 2.26. The van der Waals surface area contributed by atoms with Gasteiger partial charge in [0.25, 0.3) is 0 Å². The van der Waals surface area contributed by atoms with E-state index in [1.165, 1.54) is 26.0 Å². The van der Waals surface area contributed by atoms with Crippen molar-refractivity contribution in [2.75, 3.05) is 13.6 Å². The van der Waals surface area contributed by atoms with Crippen LogP contribution in [0.4, 0.5) is 4.39 Å². The molecule has 0 saturated heterocycles. The minimum atomic E-state index is -0.823. The second-order valence-corrected chi connectivity index (χ2v) is 7.65. The Balaban J connectivity index is 1.60. The highest BCUT2D eigenvalue weighted by Gasteiger charge is 2.14. The Kier molecular flexibility index (Phi) is 8.40. The number of hydrogen-bond donors (Lipinski definition) is 0. The lowest BCUT2D eigenvalue weighted by Gasteiger charge is -2.10. The maximum absolute atomic E-state index is 14.3. The molecule has 0 heterocycles. The standard InChI is InChI=1S/C27H23FO8/c1-16(2)25(29)34-14-32-21-8-5-19-12-22(9-6-18(19)11-21)36-27(31)20-7-10-24(23(28)13-20)33-15-35-26(30)17(3)4/h5-13H,1,3,14-15H2,2,4H3. The van der Waals surface area contributed by atoms with E-state index in [0.29, 0.717) is 5.75 Å². The molecule has 0 fully saturated rings. The molecule has 3 aromatic rings. The summed E-state index contributed by atoms with van der Waals surface area (Å²) in [5, 5.41) is 1.55. The van der Waals surface area contributed by atoms with Crippen molar-refractivity contribution in [3.05, 3.63) is 90.3 Å². The first-order valence-corrected chi connectivity index (χ1v) is 10.6. The summed E-state index contributed by atoms with van der Waals surface area (Å²) in [6.45, 7) is 9.16. The molecular weight excluding hydrogens is 471 g/mol. The van der Waals surface area contributed by atoms with Crippen molar-refractivity contribution in [1.29, 1.82) is 0 Å². The first-order valence-electron chi connectivity index (χ1n) is 10.6. The molecule has 0 atom stereocenters. The molecule has 0 radical (unpaired) electrons. The van der Waals surface area contributed by atoms with Crippen molar-refractivity contribution in [2.24, 2.45) is 0 Å². The molecule has 186 valence electrons. The molecule has 0 unspecified atom stereocenters. The maximum atomic E-state index is 14.3. The summed E-state index contributed by atoms with van der Waals surface area (Å²) in [5.41, 5.74) is 0.418. The maximum Gasteiger partial charge on any atom is 0.343 e. The van der Waals surface area contributed by atoms with Gasteiger partial charge in [-0.15, -0.1) is 0 Å². The number of esters is 3. The van der Waals surface area contributed by atoms with E-state index in [1.54, 1.807) is 36.4 Å². The fourth-order valence-electron chi connectivity index (χ4n) is 2.81. The summed E-state index contributed by atoms with van der Waals surface area (Å²) < 4.78 is 39.8. The average molecular weight is 494 g/mol. The molecule has 0 aliphatic carbocycles. The van der Waals surface area contributed by atoms with Gasteiger partial charge >= 0.3 is 17.9 Å². The van der Waals surface area contributed by atoms with Gasteiger partial charge in [0.05, 0.1) is 5.56 Å². The Hall–Kier alpha value is -4.66. The van der Waals surface area contributed by atoms with Crippen molar-refractivity contribution >= 4 is 28.7 Å². The van der Waals surface area contributed by atoms with Crippen LogP contribution in [-0.2, 0) is 19.1 Å². The van der Waals surface area contributed by atoms with Crippen LogP contribution in [0.1, 0.15) is 24.2 Å². The third-order valence-corrected chi connectivity index (χ3v) is 4.68. The van der Waals surface area contributed by atoms with Gasteiger partial charge in [0.1, 0.15) is 11.5 Å². The van der Waals surface area contributed by atoms with E-state index < -0.39 is 30.5 Å². The van der Waals surface area contributed by atoms with Crippen LogP contribution in [-0.4, -0.2) is 31.5 Å². The Labute approximate surface area is 206 Å². The van der Waals surface area contributed by atoms with Gasteiger partial charge < -0.3 is 23.7 Å². The summed E-state index contributed by atoms with van der Waals surface area (Å²) in [6.07, 6.45) is 0. The van der Waals surface area contributed by atoms with E-state index in [1.807, 2.05) is 0 Å². The van der Waals surface area contributed by atoms with E-state index in [9.17, 15) is 18.8 Å². The van der Waals surface area contributed by atoms with Crippen molar-refractivity contribution < 1.29 is 42.5 Å². The second kappa shape index (κ2) is 11.7. The fourth-order valence-corrected chi connectivity index (χ4v) is 2.81. The summed E-state index contributed by atoms with van der Waals surface area (Å²) in [6, 6.07) is 13.6. The first-order chi connectivity index (χ1) is 17.1. The fraction of sp³-hybridized carbons (Fsp3) is 0.148. The Morgan fingerprint density at radius 1 is 0.750 bits per heavy atom. The van der Waals surface area contributed by atoms with Gasteiger partial charge in [-0.25, -0.2) is 18.8 Å². The Bertz CT molecular complexity index is 1340. The molecule has 0 N–H and O–H groups in total. The molecular formula is C27H23FO8. The summed E-state index contributed by atoms with van der Waals surface area (Å²) in [7, 11) is 0. The van der Waals surface area contributed by atoms with Gasteiger partial charge in [0, 0.05) is 11.1 Å². The van der Waals surface area contributed by atoms with Gasteiger partial charge in [0.15, 0.2) is 11.6 Å². The van der Waals surface area contributed by atoms with E-state index >= 15 is 0 Å². The van der Waals surface area contributed by atoms with Crippen LogP contribution >= 0.6 is 0 Å². The largest absolute Gasteiger partial charge is 0.457 e. The average Bonchev–Trinajstić information content (AvgIpc) is 2.84. The lowest BCUT2D eigenvalue weighted by Crippen LogP contribution is -2.12. The predicted molar refractivity (Wildman–Crippen MR) is 128 cm³/mol. The molecule has 0 saturated carbocycles.